The summed E-state index contributed by atoms with van der Waals surface area (Å²) in [6, 6.07) is 42.2. The van der Waals surface area contributed by atoms with Crippen LogP contribution < -0.4 is 0 Å². The summed E-state index contributed by atoms with van der Waals surface area (Å²) in [5.41, 5.74) is 9.16. The number of benzene rings is 5. The molecule has 0 aliphatic rings. The first-order valence-electron chi connectivity index (χ1n) is 15.0. The van der Waals surface area contributed by atoms with Gasteiger partial charge in [0, 0.05) is 4.47 Å². The highest BCUT2D eigenvalue weighted by molar-refractivity contribution is 9.10. The van der Waals surface area contributed by atoms with Crippen molar-refractivity contribution >= 4 is 64.5 Å². The van der Waals surface area contributed by atoms with E-state index >= 15 is 0 Å². The van der Waals surface area contributed by atoms with Crippen molar-refractivity contribution in [2.24, 2.45) is 0 Å². The van der Waals surface area contributed by atoms with Crippen molar-refractivity contribution < 1.29 is 0 Å². The van der Waals surface area contributed by atoms with Crippen molar-refractivity contribution in [2.75, 3.05) is 0 Å². The molecule has 5 aromatic carbocycles. The zero-order valence-corrected chi connectivity index (χ0v) is 28.9. The molecule has 0 fully saturated rings. The van der Waals surface area contributed by atoms with E-state index in [1.807, 2.05) is 176 Å². The van der Waals surface area contributed by atoms with Gasteiger partial charge in [0.25, 0.3) is 0 Å². The zero-order chi connectivity index (χ0) is 34.7. The molecular weight excluding hydrogens is 632 g/mol. The summed E-state index contributed by atoms with van der Waals surface area (Å²) in [5, 5.41) is 0. The number of hydrogen-bond donors (Lipinski definition) is 0. The summed E-state index contributed by atoms with van der Waals surface area (Å²) < 4.78 is 1.10. The first-order valence-corrected chi connectivity index (χ1v) is 15.8. The lowest BCUT2D eigenvalue weighted by atomic mass is 10.1. The fourth-order valence-corrected chi connectivity index (χ4v) is 3.92. The molecule has 0 unspecified atom stereocenters. The Morgan fingerprint density at radius 3 is 0.915 bits per heavy atom. The standard InChI is InChI=1S/3C10H10.C8H7Br.C8H8/c1-3-9-5-7-10(4-2)8-6-9;1-3-9-6-5-7-10(4-2)8-9;1-3-9-7-5-6-8-10(9)4-2;1-2-7-3-5-8(9)6-4-7;1-2-8-6-4-3-5-7-8/h3*3-8H,1-2H2;2-6H,1H2;2-7H,1H2. The highest BCUT2D eigenvalue weighted by atomic mass is 79.9. The topological polar surface area (TPSA) is 0 Å². The lowest BCUT2D eigenvalue weighted by Gasteiger charge is -1.96. The fourth-order valence-electron chi connectivity index (χ4n) is 3.65. The Morgan fingerprint density at radius 1 is 0.298 bits per heavy atom. The average Bonchev–Trinajstić information content (AvgIpc) is 3.16. The summed E-state index contributed by atoms with van der Waals surface area (Å²) in [4.78, 5) is 0. The van der Waals surface area contributed by atoms with Crippen molar-refractivity contribution in [3.8, 4) is 0 Å². The van der Waals surface area contributed by atoms with Crippen LogP contribution in [0.15, 0.2) is 184 Å². The Balaban J connectivity index is 0.000000294. The maximum absolute atomic E-state index is 3.69. The smallest absolute Gasteiger partial charge is 0.0175 e. The summed E-state index contributed by atoms with van der Waals surface area (Å²) in [6.07, 6.45) is 14.6. The summed E-state index contributed by atoms with van der Waals surface area (Å²) in [7, 11) is 0. The van der Waals surface area contributed by atoms with Gasteiger partial charge in [-0.05, 0) is 62.7 Å². The van der Waals surface area contributed by atoms with Crippen LogP contribution in [-0.2, 0) is 0 Å². The van der Waals surface area contributed by atoms with E-state index < -0.39 is 0 Å². The van der Waals surface area contributed by atoms with Gasteiger partial charge in [-0.25, -0.2) is 0 Å². The maximum atomic E-state index is 3.69. The third-order valence-corrected chi connectivity index (χ3v) is 6.90. The quantitative estimate of drug-likeness (QED) is 0.153. The summed E-state index contributed by atoms with van der Waals surface area (Å²) in [6.45, 7) is 29.3. The van der Waals surface area contributed by atoms with Crippen LogP contribution in [0.3, 0.4) is 0 Å². The minimum Gasteiger partial charge on any atom is -0.0985 e. The Hall–Kier alpha value is -5.50. The minimum absolute atomic E-state index is 1.10. The summed E-state index contributed by atoms with van der Waals surface area (Å²) in [5.74, 6) is 0. The molecule has 5 rings (SSSR count). The first-order chi connectivity index (χ1) is 22.9. The van der Waals surface area contributed by atoms with Gasteiger partial charge in [-0.15, -0.1) is 0 Å². The van der Waals surface area contributed by atoms with Gasteiger partial charge in [0.15, 0.2) is 0 Å². The second-order valence-corrected chi connectivity index (χ2v) is 10.5. The van der Waals surface area contributed by atoms with Gasteiger partial charge < -0.3 is 0 Å². The molecule has 0 radical (unpaired) electrons. The molecule has 0 atom stereocenters. The van der Waals surface area contributed by atoms with Crippen LogP contribution >= 0.6 is 15.9 Å². The van der Waals surface area contributed by atoms with Crippen LogP contribution in [0.4, 0.5) is 0 Å². The monoisotopic (exact) mass is 676 g/mol. The van der Waals surface area contributed by atoms with E-state index in [0.29, 0.717) is 0 Å². The van der Waals surface area contributed by atoms with Crippen LogP contribution in [0.2, 0.25) is 0 Å². The minimum atomic E-state index is 1.10. The molecule has 47 heavy (non-hydrogen) atoms. The molecule has 0 aromatic heterocycles. The third kappa shape index (κ3) is 17.0. The third-order valence-electron chi connectivity index (χ3n) is 6.37. The van der Waals surface area contributed by atoms with Gasteiger partial charge in [0.2, 0.25) is 0 Å². The van der Waals surface area contributed by atoms with Crippen molar-refractivity contribution in [1.82, 2.24) is 0 Å². The molecule has 0 nitrogen and oxygen atoms in total. The van der Waals surface area contributed by atoms with Crippen molar-refractivity contribution in [1.29, 1.82) is 0 Å². The molecule has 1 heteroatoms. The SMILES string of the molecule is C=Cc1ccc(Br)cc1.C=Cc1ccc(C=C)cc1.C=Cc1cccc(C=C)c1.C=Cc1ccccc1.C=Cc1ccccc1C=C. The molecule has 0 saturated carbocycles. The lowest BCUT2D eigenvalue weighted by molar-refractivity contribution is 1.62. The molecule has 0 N–H and O–H groups in total. The van der Waals surface area contributed by atoms with E-state index in [2.05, 4.69) is 68.6 Å². The molecule has 0 spiro atoms. The van der Waals surface area contributed by atoms with Crippen LogP contribution in [0.25, 0.3) is 48.6 Å². The van der Waals surface area contributed by atoms with Crippen LogP contribution in [-0.4, -0.2) is 0 Å². The highest BCUT2D eigenvalue weighted by Gasteiger charge is 1.90. The number of hydrogen-bond acceptors (Lipinski definition) is 0. The van der Waals surface area contributed by atoms with Gasteiger partial charge in [-0.2, -0.15) is 0 Å². The average molecular weight is 678 g/mol. The number of rotatable bonds is 8. The van der Waals surface area contributed by atoms with E-state index in [1.54, 1.807) is 0 Å². The normalized spacial score (nSPS) is 8.79. The first kappa shape index (κ1) is 39.5. The lowest BCUT2D eigenvalue weighted by Crippen LogP contribution is -1.76. The molecule has 0 aliphatic heterocycles. The molecule has 0 bridgehead atoms. The van der Waals surface area contributed by atoms with Gasteiger partial charge in [-0.1, -0.05) is 226 Å². The number of halogens is 1. The fraction of sp³-hybridized carbons (Fsp3) is 0. The van der Waals surface area contributed by atoms with E-state index in [0.717, 1.165) is 43.4 Å². The largest absolute Gasteiger partial charge is 0.0985 e. The van der Waals surface area contributed by atoms with Crippen molar-refractivity contribution in [2.45, 2.75) is 0 Å². The second-order valence-electron chi connectivity index (χ2n) is 9.56. The Bertz CT molecular complexity index is 1610. The van der Waals surface area contributed by atoms with Gasteiger partial charge in [-0.3, -0.25) is 0 Å². The van der Waals surface area contributed by atoms with Crippen LogP contribution in [0.1, 0.15) is 44.5 Å². The molecule has 0 aliphatic carbocycles. The summed E-state index contributed by atoms with van der Waals surface area (Å²) >= 11 is 3.34. The van der Waals surface area contributed by atoms with E-state index in [4.69, 9.17) is 0 Å². The molecule has 0 saturated heterocycles. The zero-order valence-electron chi connectivity index (χ0n) is 27.3. The van der Waals surface area contributed by atoms with Gasteiger partial charge in [0.1, 0.15) is 0 Å². The highest BCUT2D eigenvalue weighted by Crippen LogP contribution is 2.11. The van der Waals surface area contributed by atoms with Crippen LogP contribution in [0.5, 0.6) is 0 Å². The Morgan fingerprint density at radius 2 is 0.596 bits per heavy atom. The molecule has 236 valence electrons. The van der Waals surface area contributed by atoms with Gasteiger partial charge in [0.05, 0.1) is 0 Å². The van der Waals surface area contributed by atoms with Gasteiger partial charge >= 0.3 is 0 Å². The van der Waals surface area contributed by atoms with Crippen molar-refractivity contribution in [3.63, 3.8) is 0 Å². The predicted octanol–water partition coefficient (Wildman–Crippen LogP) is 14.3. The van der Waals surface area contributed by atoms with Crippen molar-refractivity contribution in [3.05, 3.63) is 229 Å². The molecule has 5 aromatic rings. The van der Waals surface area contributed by atoms with E-state index in [9.17, 15) is 0 Å². The van der Waals surface area contributed by atoms with Crippen LogP contribution in [0, 0.1) is 0 Å². The predicted molar refractivity (Wildman–Crippen MR) is 221 cm³/mol. The molecule has 0 amide bonds. The Labute approximate surface area is 292 Å². The maximum Gasteiger partial charge on any atom is 0.0175 e. The van der Waals surface area contributed by atoms with E-state index in [-0.39, 0.29) is 0 Å². The Kier molecular flexibility index (Phi) is 20.8. The molecule has 0 heterocycles. The second kappa shape index (κ2) is 24.8. The van der Waals surface area contributed by atoms with E-state index in [1.165, 1.54) is 5.56 Å². The molecular formula is C46H45Br.